The van der Waals surface area contributed by atoms with Crippen molar-refractivity contribution >= 4 is 5.78 Å². The minimum absolute atomic E-state index is 0.0947. The predicted octanol–water partition coefficient (Wildman–Crippen LogP) is 1.32. The Hall–Kier alpha value is -0.410. The number of likely N-dealkylation sites (tertiary alicyclic amines) is 1. The molecule has 0 N–H and O–H groups in total. The predicted molar refractivity (Wildman–Crippen MR) is 56.3 cm³/mol. The van der Waals surface area contributed by atoms with Crippen molar-refractivity contribution in [3.8, 4) is 0 Å². The highest BCUT2D eigenvalue weighted by atomic mass is 16.5. The van der Waals surface area contributed by atoms with Crippen LogP contribution in [0.5, 0.6) is 0 Å². The van der Waals surface area contributed by atoms with Gasteiger partial charge in [0.25, 0.3) is 0 Å². The van der Waals surface area contributed by atoms with Crippen LogP contribution in [0.15, 0.2) is 0 Å². The average molecular weight is 199 g/mol. The van der Waals surface area contributed by atoms with Crippen LogP contribution in [0, 0.1) is 5.41 Å². The molecule has 1 saturated heterocycles. The Morgan fingerprint density at radius 1 is 1.43 bits per heavy atom. The fraction of sp³-hybridized carbons (Fsp3) is 0.909. The van der Waals surface area contributed by atoms with Crippen LogP contribution in [-0.2, 0) is 9.53 Å². The molecule has 0 radical (unpaired) electrons. The van der Waals surface area contributed by atoms with Gasteiger partial charge < -0.3 is 9.64 Å². The van der Waals surface area contributed by atoms with Crippen molar-refractivity contribution in [2.45, 2.75) is 26.2 Å². The standard InChI is InChI=1S/C11H21NO2/c1-10(13)11(6-9-14-3)4-7-12(2)8-5-11/h4-9H2,1-3H3. The van der Waals surface area contributed by atoms with Gasteiger partial charge in [0.2, 0.25) is 0 Å². The molecule has 0 bridgehead atoms. The van der Waals surface area contributed by atoms with E-state index in [1.807, 2.05) is 0 Å². The minimum atomic E-state index is -0.0947. The van der Waals surface area contributed by atoms with Crippen molar-refractivity contribution in [3.63, 3.8) is 0 Å². The Bertz CT molecular complexity index is 190. The van der Waals surface area contributed by atoms with Crippen LogP contribution in [-0.4, -0.2) is 44.5 Å². The van der Waals surface area contributed by atoms with E-state index in [1.54, 1.807) is 14.0 Å². The van der Waals surface area contributed by atoms with Crippen molar-refractivity contribution in [1.29, 1.82) is 0 Å². The summed E-state index contributed by atoms with van der Waals surface area (Å²) < 4.78 is 5.08. The maximum atomic E-state index is 11.7. The molecule has 3 heteroatoms. The van der Waals surface area contributed by atoms with E-state index in [2.05, 4.69) is 11.9 Å². The van der Waals surface area contributed by atoms with Gasteiger partial charge >= 0.3 is 0 Å². The second kappa shape index (κ2) is 4.89. The van der Waals surface area contributed by atoms with Gasteiger partial charge in [0.15, 0.2) is 0 Å². The summed E-state index contributed by atoms with van der Waals surface area (Å²) in [6, 6.07) is 0. The van der Waals surface area contributed by atoms with E-state index in [-0.39, 0.29) is 5.41 Å². The number of rotatable bonds is 4. The molecule has 82 valence electrons. The van der Waals surface area contributed by atoms with Gasteiger partial charge in [-0.3, -0.25) is 4.79 Å². The molecule has 1 heterocycles. The van der Waals surface area contributed by atoms with Crippen molar-refractivity contribution in [3.05, 3.63) is 0 Å². The van der Waals surface area contributed by atoms with Crippen LogP contribution in [0.4, 0.5) is 0 Å². The Morgan fingerprint density at radius 3 is 2.43 bits per heavy atom. The van der Waals surface area contributed by atoms with Gasteiger partial charge in [-0.05, 0) is 46.3 Å². The van der Waals surface area contributed by atoms with E-state index < -0.39 is 0 Å². The number of ketones is 1. The number of methoxy groups -OCH3 is 1. The largest absolute Gasteiger partial charge is 0.385 e. The number of hydrogen-bond donors (Lipinski definition) is 0. The number of carbonyl (C=O) groups is 1. The number of hydrogen-bond acceptors (Lipinski definition) is 3. The third-order valence-corrected chi connectivity index (χ3v) is 3.48. The first-order valence-electron chi connectivity index (χ1n) is 5.29. The molecule has 0 atom stereocenters. The summed E-state index contributed by atoms with van der Waals surface area (Å²) in [5, 5.41) is 0. The Morgan fingerprint density at radius 2 is 2.00 bits per heavy atom. The molecule has 14 heavy (non-hydrogen) atoms. The molecule has 1 fully saturated rings. The molecule has 1 rings (SSSR count). The van der Waals surface area contributed by atoms with Crippen LogP contribution in [0.3, 0.4) is 0 Å². The molecule has 3 nitrogen and oxygen atoms in total. The monoisotopic (exact) mass is 199 g/mol. The lowest BCUT2D eigenvalue weighted by Gasteiger charge is -2.38. The number of nitrogens with zero attached hydrogens (tertiary/aromatic N) is 1. The molecule has 0 aromatic heterocycles. The van der Waals surface area contributed by atoms with Gasteiger partial charge in [0.1, 0.15) is 5.78 Å². The van der Waals surface area contributed by atoms with Crippen LogP contribution in [0.25, 0.3) is 0 Å². The van der Waals surface area contributed by atoms with Gasteiger partial charge in [-0.25, -0.2) is 0 Å². The molecule has 0 aromatic rings. The Labute approximate surface area is 86.4 Å². The summed E-state index contributed by atoms with van der Waals surface area (Å²) in [6.07, 6.45) is 2.86. The number of carbonyl (C=O) groups excluding carboxylic acids is 1. The van der Waals surface area contributed by atoms with E-state index >= 15 is 0 Å². The smallest absolute Gasteiger partial charge is 0.136 e. The Balaban J connectivity index is 2.58. The first kappa shape index (κ1) is 11.7. The summed E-state index contributed by atoms with van der Waals surface area (Å²) in [6.45, 7) is 4.48. The normalized spacial score (nSPS) is 22.2. The lowest BCUT2D eigenvalue weighted by Crippen LogP contribution is -2.42. The first-order chi connectivity index (χ1) is 6.60. The zero-order valence-corrected chi connectivity index (χ0v) is 9.51. The minimum Gasteiger partial charge on any atom is -0.385 e. The molecule has 1 aliphatic heterocycles. The fourth-order valence-electron chi connectivity index (χ4n) is 2.12. The summed E-state index contributed by atoms with van der Waals surface area (Å²) in [5.74, 6) is 0.336. The van der Waals surface area contributed by atoms with Gasteiger partial charge in [-0.2, -0.15) is 0 Å². The van der Waals surface area contributed by atoms with E-state index in [4.69, 9.17) is 4.74 Å². The summed E-state index contributed by atoms with van der Waals surface area (Å²) in [5.41, 5.74) is -0.0947. The molecule has 0 amide bonds. The number of piperidine rings is 1. The van der Waals surface area contributed by atoms with E-state index in [9.17, 15) is 4.79 Å². The summed E-state index contributed by atoms with van der Waals surface area (Å²) in [4.78, 5) is 13.9. The summed E-state index contributed by atoms with van der Waals surface area (Å²) >= 11 is 0. The summed E-state index contributed by atoms with van der Waals surface area (Å²) in [7, 11) is 3.81. The van der Waals surface area contributed by atoms with Gasteiger partial charge in [0.05, 0.1) is 0 Å². The quantitative estimate of drug-likeness (QED) is 0.684. The highest BCUT2D eigenvalue weighted by molar-refractivity contribution is 5.82. The molecule has 0 saturated carbocycles. The van der Waals surface area contributed by atoms with Gasteiger partial charge in [-0.15, -0.1) is 0 Å². The third kappa shape index (κ3) is 2.55. The van der Waals surface area contributed by atoms with E-state index in [0.717, 1.165) is 32.4 Å². The molecule has 0 unspecified atom stereocenters. The average Bonchev–Trinajstić information content (AvgIpc) is 2.17. The van der Waals surface area contributed by atoms with Crippen LogP contribution in [0.1, 0.15) is 26.2 Å². The van der Waals surface area contributed by atoms with Crippen LogP contribution in [0.2, 0.25) is 0 Å². The van der Waals surface area contributed by atoms with Gasteiger partial charge in [-0.1, -0.05) is 0 Å². The van der Waals surface area contributed by atoms with Crippen molar-refractivity contribution in [2.75, 3.05) is 33.9 Å². The maximum absolute atomic E-state index is 11.7. The van der Waals surface area contributed by atoms with Crippen LogP contribution >= 0.6 is 0 Å². The lowest BCUT2D eigenvalue weighted by molar-refractivity contribution is -0.130. The molecule has 0 aliphatic carbocycles. The molecular formula is C11H21NO2. The van der Waals surface area contributed by atoms with E-state index in [0.29, 0.717) is 12.4 Å². The molecule has 0 spiro atoms. The first-order valence-corrected chi connectivity index (χ1v) is 5.29. The number of ether oxygens (including phenoxy) is 1. The second-order valence-corrected chi connectivity index (χ2v) is 4.38. The zero-order valence-electron chi connectivity index (χ0n) is 9.51. The van der Waals surface area contributed by atoms with Crippen LogP contribution < -0.4 is 0 Å². The fourth-order valence-corrected chi connectivity index (χ4v) is 2.12. The number of Topliss-reactive ketones (excluding diaryl/α,β-unsaturated/α-hetero) is 1. The SMILES string of the molecule is COCCC1(C(C)=O)CCN(C)CC1. The highest BCUT2D eigenvalue weighted by Gasteiger charge is 2.37. The Kier molecular flexibility index (Phi) is 4.08. The topological polar surface area (TPSA) is 29.5 Å². The molecule has 1 aliphatic rings. The van der Waals surface area contributed by atoms with E-state index in [1.165, 1.54) is 0 Å². The zero-order chi connectivity index (χ0) is 10.6. The lowest BCUT2D eigenvalue weighted by atomic mass is 9.73. The van der Waals surface area contributed by atoms with Crippen molar-refractivity contribution in [1.82, 2.24) is 4.90 Å². The second-order valence-electron chi connectivity index (χ2n) is 4.38. The maximum Gasteiger partial charge on any atom is 0.136 e. The molecule has 0 aromatic carbocycles. The van der Waals surface area contributed by atoms with Crippen molar-refractivity contribution < 1.29 is 9.53 Å². The highest BCUT2D eigenvalue weighted by Crippen LogP contribution is 2.35. The molecular weight excluding hydrogens is 178 g/mol. The van der Waals surface area contributed by atoms with Crippen molar-refractivity contribution in [2.24, 2.45) is 5.41 Å². The third-order valence-electron chi connectivity index (χ3n) is 3.48. The van der Waals surface area contributed by atoms with Gasteiger partial charge in [0, 0.05) is 19.1 Å².